The molecule has 1 aromatic carbocycles. The summed E-state index contributed by atoms with van der Waals surface area (Å²) in [7, 11) is 2.21. The average molecular weight is 363 g/mol. The highest BCUT2D eigenvalue weighted by Crippen LogP contribution is 2.12. The monoisotopic (exact) mass is 363 g/mol. The van der Waals surface area contributed by atoms with Crippen LogP contribution in [0.4, 0.5) is 5.69 Å². The highest BCUT2D eigenvalue weighted by atomic mass is 16.5. The van der Waals surface area contributed by atoms with E-state index in [-0.39, 0.29) is 6.42 Å². The van der Waals surface area contributed by atoms with E-state index < -0.39 is 35.1 Å². The third kappa shape index (κ3) is 6.48. The number of carbonyl (C=O) groups excluding carboxylic acids is 4. The summed E-state index contributed by atoms with van der Waals surface area (Å²) in [6.45, 7) is 0. The quantitative estimate of drug-likeness (QED) is 0.370. The third-order valence-corrected chi connectivity index (χ3v) is 3.01. The van der Waals surface area contributed by atoms with E-state index >= 15 is 0 Å². The number of ketones is 1. The summed E-state index contributed by atoms with van der Waals surface area (Å²) in [5.41, 5.74) is 0.803. The number of esters is 2. The third-order valence-electron chi connectivity index (χ3n) is 3.01. The highest BCUT2D eigenvalue weighted by Gasteiger charge is 2.13. The summed E-state index contributed by atoms with van der Waals surface area (Å²) in [5, 5.41) is 21.3. The first kappa shape index (κ1) is 20.4. The van der Waals surface area contributed by atoms with Gasteiger partial charge in [-0.15, -0.1) is 0 Å². The smallest absolute Gasteiger partial charge is 0.334 e. The Morgan fingerprint density at radius 2 is 1.42 bits per heavy atom. The summed E-state index contributed by atoms with van der Waals surface area (Å²) >= 11 is 0. The molecule has 9 nitrogen and oxygen atoms in total. The number of hydrogen-bond donors (Lipinski definition) is 3. The van der Waals surface area contributed by atoms with Crippen molar-refractivity contribution in [2.45, 2.75) is 6.42 Å². The van der Waals surface area contributed by atoms with E-state index in [0.717, 1.165) is 14.2 Å². The molecule has 0 radical (unpaired) electrons. The first-order valence-corrected chi connectivity index (χ1v) is 7.17. The van der Waals surface area contributed by atoms with Crippen LogP contribution in [0.25, 0.3) is 0 Å². The summed E-state index contributed by atoms with van der Waals surface area (Å²) in [6.07, 6.45) is 1.12. The minimum atomic E-state index is -0.919. The molecule has 0 fully saturated rings. The number of amides is 1. The van der Waals surface area contributed by atoms with Crippen molar-refractivity contribution >= 4 is 29.3 Å². The number of hydrogen-bond acceptors (Lipinski definition) is 8. The Bertz CT molecular complexity index is 696. The van der Waals surface area contributed by atoms with Crippen LogP contribution in [0.5, 0.6) is 0 Å². The fourth-order valence-corrected chi connectivity index (χ4v) is 1.66. The number of Topliss-reactive ketones (excluding diaryl/α,β-unsaturated/α-hetero) is 1. The molecule has 0 saturated carbocycles. The maximum Gasteiger partial charge on any atom is 0.334 e. The molecule has 0 spiro atoms. The minimum Gasteiger partial charge on any atom is -0.504 e. The average Bonchev–Trinajstić information content (AvgIpc) is 2.62. The number of anilines is 1. The van der Waals surface area contributed by atoms with Crippen molar-refractivity contribution in [3.05, 3.63) is 53.5 Å². The van der Waals surface area contributed by atoms with Gasteiger partial charge in [0.05, 0.1) is 26.4 Å². The van der Waals surface area contributed by atoms with Gasteiger partial charge in [-0.2, -0.15) is 0 Å². The molecule has 9 heteroatoms. The lowest BCUT2D eigenvalue weighted by Crippen LogP contribution is -2.15. The first-order chi connectivity index (χ1) is 12.3. The van der Waals surface area contributed by atoms with E-state index in [0.29, 0.717) is 23.4 Å². The van der Waals surface area contributed by atoms with Crippen molar-refractivity contribution in [1.29, 1.82) is 0 Å². The van der Waals surface area contributed by atoms with E-state index in [1.54, 1.807) is 0 Å². The SMILES string of the molecule is COC(=O)/C=C(\O)C(=O)Cc1ccc(NC(=O)/C(O)=C/C(=O)OC)cc1. The highest BCUT2D eigenvalue weighted by molar-refractivity contribution is 6.05. The van der Waals surface area contributed by atoms with Crippen LogP contribution in [0.15, 0.2) is 47.9 Å². The Kier molecular flexibility index (Phi) is 7.56. The van der Waals surface area contributed by atoms with Gasteiger partial charge >= 0.3 is 11.9 Å². The Balaban J connectivity index is 2.72. The van der Waals surface area contributed by atoms with Gasteiger partial charge in [-0.3, -0.25) is 9.59 Å². The molecule has 0 bridgehead atoms. The van der Waals surface area contributed by atoms with Crippen LogP contribution in [0.2, 0.25) is 0 Å². The van der Waals surface area contributed by atoms with Crippen LogP contribution in [0.3, 0.4) is 0 Å². The second kappa shape index (κ2) is 9.62. The van der Waals surface area contributed by atoms with Crippen LogP contribution in [-0.2, 0) is 35.1 Å². The zero-order valence-corrected chi connectivity index (χ0v) is 14.0. The Hall–Kier alpha value is -3.62. The van der Waals surface area contributed by atoms with Crippen LogP contribution in [-0.4, -0.2) is 48.1 Å². The van der Waals surface area contributed by atoms with Crippen LogP contribution < -0.4 is 5.32 Å². The fraction of sp³-hybridized carbons (Fsp3) is 0.176. The lowest BCUT2D eigenvalue weighted by Gasteiger charge is -2.06. The van der Waals surface area contributed by atoms with Crippen molar-refractivity contribution in [3.63, 3.8) is 0 Å². The fourth-order valence-electron chi connectivity index (χ4n) is 1.66. The molecular formula is C17H17NO8. The Morgan fingerprint density at radius 1 is 0.923 bits per heavy atom. The van der Waals surface area contributed by atoms with Gasteiger partial charge in [-0.05, 0) is 17.7 Å². The number of ether oxygens (including phenoxy) is 2. The molecule has 0 saturated heterocycles. The standard InChI is InChI=1S/C17H17NO8/c1-25-15(22)8-13(20)12(19)7-10-3-5-11(6-4-10)18-17(24)14(21)9-16(23)26-2/h3-6,8-9,20-21H,7H2,1-2H3,(H,18,24)/b13-8-,14-9-. The summed E-state index contributed by atoms with van der Waals surface area (Å²) < 4.78 is 8.59. The number of methoxy groups -OCH3 is 2. The lowest BCUT2D eigenvalue weighted by molar-refractivity contribution is -0.136. The minimum absolute atomic E-state index is 0.180. The molecule has 0 heterocycles. The van der Waals surface area contributed by atoms with Gasteiger partial charge in [0.25, 0.3) is 5.91 Å². The molecule has 0 unspecified atom stereocenters. The molecule has 1 amide bonds. The molecule has 0 aliphatic rings. The number of benzene rings is 1. The van der Waals surface area contributed by atoms with Crippen molar-refractivity contribution in [1.82, 2.24) is 0 Å². The van der Waals surface area contributed by atoms with E-state index in [2.05, 4.69) is 14.8 Å². The summed E-state index contributed by atoms with van der Waals surface area (Å²) in [6, 6.07) is 5.90. The second-order valence-electron chi connectivity index (χ2n) is 4.86. The van der Waals surface area contributed by atoms with Crippen molar-refractivity contribution in [2.75, 3.05) is 19.5 Å². The summed E-state index contributed by atoms with van der Waals surface area (Å²) in [4.78, 5) is 45.3. The van der Waals surface area contributed by atoms with E-state index in [1.165, 1.54) is 24.3 Å². The molecule has 0 atom stereocenters. The molecule has 138 valence electrons. The van der Waals surface area contributed by atoms with Gasteiger partial charge in [0.1, 0.15) is 0 Å². The molecule has 26 heavy (non-hydrogen) atoms. The van der Waals surface area contributed by atoms with Crippen LogP contribution in [0, 0.1) is 0 Å². The topological polar surface area (TPSA) is 139 Å². The normalized spacial score (nSPS) is 11.5. The van der Waals surface area contributed by atoms with Gasteiger partial charge in [-0.25, -0.2) is 9.59 Å². The van der Waals surface area contributed by atoms with E-state index in [4.69, 9.17) is 0 Å². The number of aliphatic hydroxyl groups is 2. The molecule has 0 aromatic heterocycles. The number of rotatable bonds is 7. The van der Waals surface area contributed by atoms with Gasteiger partial charge in [0.2, 0.25) is 5.78 Å². The van der Waals surface area contributed by atoms with Crippen molar-refractivity contribution < 1.29 is 38.9 Å². The molecule has 3 N–H and O–H groups in total. The Morgan fingerprint density at radius 3 is 1.92 bits per heavy atom. The zero-order chi connectivity index (χ0) is 19.7. The number of carbonyl (C=O) groups is 4. The van der Waals surface area contributed by atoms with Crippen molar-refractivity contribution in [2.24, 2.45) is 0 Å². The van der Waals surface area contributed by atoms with Gasteiger partial charge in [0, 0.05) is 12.1 Å². The number of aliphatic hydroxyl groups excluding tert-OH is 2. The van der Waals surface area contributed by atoms with Crippen LogP contribution >= 0.6 is 0 Å². The molecular weight excluding hydrogens is 346 g/mol. The van der Waals surface area contributed by atoms with E-state index in [1.807, 2.05) is 0 Å². The first-order valence-electron chi connectivity index (χ1n) is 7.17. The second-order valence-corrected chi connectivity index (χ2v) is 4.86. The zero-order valence-electron chi connectivity index (χ0n) is 14.0. The largest absolute Gasteiger partial charge is 0.504 e. The molecule has 0 aliphatic heterocycles. The maximum absolute atomic E-state index is 11.8. The number of nitrogens with one attached hydrogen (secondary N) is 1. The Labute approximate surface area is 148 Å². The number of allylic oxidation sites excluding steroid dienone is 1. The van der Waals surface area contributed by atoms with Gasteiger partial charge < -0.3 is 25.0 Å². The predicted octanol–water partition coefficient (Wildman–Crippen LogP) is 0.966. The van der Waals surface area contributed by atoms with Crippen LogP contribution in [0.1, 0.15) is 5.56 Å². The molecule has 0 aliphatic carbocycles. The predicted molar refractivity (Wildman–Crippen MR) is 89.2 cm³/mol. The lowest BCUT2D eigenvalue weighted by atomic mass is 10.1. The van der Waals surface area contributed by atoms with E-state index in [9.17, 15) is 29.4 Å². The summed E-state index contributed by atoms with van der Waals surface area (Å²) in [5.74, 6) is -4.90. The van der Waals surface area contributed by atoms with Crippen molar-refractivity contribution in [3.8, 4) is 0 Å². The van der Waals surface area contributed by atoms with Gasteiger partial charge in [-0.1, -0.05) is 12.1 Å². The maximum atomic E-state index is 11.8. The molecule has 1 aromatic rings. The molecule has 1 rings (SSSR count). The van der Waals surface area contributed by atoms with Gasteiger partial charge in [0.15, 0.2) is 11.5 Å².